The summed E-state index contributed by atoms with van der Waals surface area (Å²) in [6, 6.07) is 8.20. The molecule has 25 heavy (non-hydrogen) atoms. The normalized spacial score (nSPS) is 30.9. The molecule has 138 valence electrons. The third-order valence-corrected chi connectivity index (χ3v) is 5.46. The lowest BCUT2D eigenvalue weighted by molar-refractivity contribution is -0.160. The highest BCUT2D eigenvalue weighted by atomic mass is 16.6. The Hall–Kier alpha value is -1.39. The van der Waals surface area contributed by atoms with Gasteiger partial charge < -0.3 is 15.2 Å². The Kier molecular flexibility index (Phi) is 6.13. The van der Waals surface area contributed by atoms with Crippen molar-refractivity contribution in [3.63, 3.8) is 0 Å². The van der Waals surface area contributed by atoms with Crippen molar-refractivity contribution in [1.82, 2.24) is 0 Å². The van der Waals surface area contributed by atoms with Crippen LogP contribution < -0.4 is 5.73 Å². The van der Waals surface area contributed by atoms with Crippen LogP contribution in [-0.2, 0) is 20.7 Å². The Balaban J connectivity index is 1.75. The minimum Gasteiger partial charge on any atom is -0.459 e. The van der Waals surface area contributed by atoms with E-state index in [0.29, 0.717) is 18.3 Å². The molecule has 0 amide bonds. The van der Waals surface area contributed by atoms with Crippen molar-refractivity contribution in [3.05, 3.63) is 35.4 Å². The van der Waals surface area contributed by atoms with Crippen molar-refractivity contribution in [2.75, 3.05) is 6.61 Å². The fraction of sp³-hybridized carbons (Fsp3) is 0.667. The fourth-order valence-electron chi connectivity index (χ4n) is 3.65. The topological polar surface area (TPSA) is 61.6 Å². The van der Waals surface area contributed by atoms with E-state index in [-0.39, 0.29) is 18.2 Å². The van der Waals surface area contributed by atoms with Crippen molar-refractivity contribution in [2.45, 2.75) is 70.6 Å². The SMILES string of the molecule is Cc1ccc(C[C@H]2CCC[C@H](N)C(=O)O[C@@H](C)[C@@H]2OCC2CC2)cc1. The van der Waals surface area contributed by atoms with Crippen molar-refractivity contribution in [2.24, 2.45) is 17.6 Å². The number of hydrogen-bond acceptors (Lipinski definition) is 4. The summed E-state index contributed by atoms with van der Waals surface area (Å²) in [5.74, 6) is 0.746. The minimum atomic E-state index is -0.510. The Bertz CT molecular complexity index is 567. The fourth-order valence-corrected chi connectivity index (χ4v) is 3.65. The van der Waals surface area contributed by atoms with Crippen molar-refractivity contribution < 1.29 is 14.3 Å². The molecule has 1 saturated carbocycles. The first-order valence-electron chi connectivity index (χ1n) is 9.66. The molecular formula is C21H31NO3. The van der Waals surface area contributed by atoms with E-state index in [1.807, 2.05) is 6.92 Å². The van der Waals surface area contributed by atoms with Gasteiger partial charge >= 0.3 is 5.97 Å². The molecule has 1 aromatic carbocycles. The van der Waals surface area contributed by atoms with Gasteiger partial charge in [-0.05, 0) is 63.4 Å². The number of aryl methyl sites for hydroxylation is 1. The Morgan fingerprint density at radius 1 is 1.16 bits per heavy atom. The lowest BCUT2D eigenvalue weighted by atomic mass is 9.86. The molecule has 3 rings (SSSR count). The highest BCUT2D eigenvalue weighted by Gasteiger charge is 2.35. The number of cyclic esters (lactones) is 1. The maximum atomic E-state index is 12.1. The van der Waals surface area contributed by atoms with E-state index >= 15 is 0 Å². The van der Waals surface area contributed by atoms with Gasteiger partial charge in [0, 0.05) is 6.61 Å². The van der Waals surface area contributed by atoms with Crippen molar-refractivity contribution in [1.29, 1.82) is 0 Å². The minimum absolute atomic E-state index is 0.0591. The standard InChI is InChI=1S/C21H31NO3/c1-14-6-8-16(9-7-14)12-18-4-3-5-19(22)21(23)25-15(2)20(18)24-13-17-10-11-17/h6-9,15,17-20H,3-5,10-13,22H2,1-2H3/t15-,18+,19-,20-/m0/s1. The summed E-state index contributed by atoms with van der Waals surface area (Å²) in [7, 11) is 0. The third-order valence-electron chi connectivity index (χ3n) is 5.46. The van der Waals surface area contributed by atoms with E-state index in [9.17, 15) is 4.79 Å². The van der Waals surface area contributed by atoms with E-state index < -0.39 is 6.04 Å². The number of rotatable bonds is 5. The van der Waals surface area contributed by atoms with Crippen molar-refractivity contribution in [3.8, 4) is 0 Å². The van der Waals surface area contributed by atoms with E-state index in [1.165, 1.54) is 24.0 Å². The van der Waals surface area contributed by atoms with E-state index in [4.69, 9.17) is 15.2 Å². The first kappa shape index (κ1) is 18.4. The van der Waals surface area contributed by atoms with Gasteiger partial charge in [-0.3, -0.25) is 4.79 Å². The van der Waals surface area contributed by atoms with E-state index in [0.717, 1.165) is 25.9 Å². The zero-order valence-corrected chi connectivity index (χ0v) is 15.4. The summed E-state index contributed by atoms with van der Waals surface area (Å²) in [6.45, 7) is 4.84. The van der Waals surface area contributed by atoms with Crippen LogP contribution in [0.1, 0.15) is 50.2 Å². The van der Waals surface area contributed by atoms with Gasteiger partial charge in [-0.2, -0.15) is 0 Å². The number of nitrogens with two attached hydrogens (primary N) is 1. The molecule has 2 fully saturated rings. The Morgan fingerprint density at radius 2 is 1.88 bits per heavy atom. The maximum absolute atomic E-state index is 12.1. The second-order valence-corrected chi connectivity index (χ2v) is 7.87. The predicted octanol–water partition coefficient (Wildman–Crippen LogP) is 3.39. The molecule has 1 aliphatic carbocycles. The van der Waals surface area contributed by atoms with Crippen LogP contribution in [0.2, 0.25) is 0 Å². The third kappa shape index (κ3) is 5.29. The van der Waals surface area contributed by atoms with Gasteiger partial charge in [0.15, 0.2) is 0 Å². The van der Waals surface area contributed by atoms with Gasteiger partial charge in [0.05, 0.1) is 6.10 Å². The van der Waals surface area contributed by atoms with Gasteiger partial charge in [-0.1, -0.05) is 36.2 Å². The highest BCUT2D eigenvalue weighted by Crippen LogP contribution is 2.32. The van der Waals surface area contributed by atoms with Crippen LogP contribution in [0.3, 0.4) is 0 Å². The van der Waals surface area contributed by atoms with Gasteiger partial charge in [0.1, 0.15) is 12.1 Å². The molecule has 2 aliphatic rings. The van der Waals surface area contributed by atoms with Crippen LogP contribution in [0.5, 0.6) is 0 Å². The molecule has 0 bridgehead atoms. The molecular weight excluding hydrogens is 314 g/mol. The number of benzene rings is 1. The average Bonchev–Trinajstić information content (AvgIpc) is 3.40. The summed E-state index contributed by atoms with van der Waals surface area (Å²) in [6.07, 6.45) is 5.78. The van der Waals surface area contributed by atoms with Crippen LogP contribution in [0.4, 0.5) is 0 Å². The molecule has 0 radical (unpaired) electrons. The summed E-state index contributed by atoms with van der Waals surface area (Å²) < 4.78 is 11.9. The highest BCUT2D eigenvalue weighted by molar-refractivity contribution is 5.75. The van der Waals surface area contributed by atoms with Crippen LogP contribution in [-0.4, -0.2) is 30.8 Å². The second-order valence-electron chi connectivity index (χ2n) is 7.87. The first-order valence-corrected chi connectivity index (χ1v) is 9.66. The monoisotopic (exact) mass is 345 g/mol. The summed E-state index contributed by atoms with van der Waals surface area (Å²) >= 11 is 0. The molecule has 4 heteroatoms. The zero-order chi connectivity index (χ0) is 17.8. The van der Waals surface area contributed by atoms with Crippen LogP contribution in [0.25, 0.3) is 0 Å². The number of ether oxygens (including phenoxy) is 2. The molecule has 0 unspecified atom stereocenters. The maximum Gasteiger partial charge on any atom is 0.323 e. The summed E-state index contributed by atoms with van der Waals surface area (Å²) in [5, 5.41) is 0. The predicted molar refractivity (Wildman–Crippen MR) is 98.2 cm³/mol. The molecule has 1 aromatic rings. The second kappa shape index (κ2) is 8.33. The van der Waals surface area contributed by atoms with Gasteiger partial charge in [0.2, 0.25) is 0 Å². The number of carbonyl (C=O) groups excluding carboxylic acids is 1. The molecule has 0 aromatic heterocycles. The molecule has 1 heterocycles. The molecule has 1 aliphatic heterocycles. The quantitative estimate of drug-likeness (QED) is 0.831. The van der Waals surface area contributed by atoms with Crippen LogP contribution >= 0.6 is 0 Å². The van der Waals surface area contributed by atoms with Crippen LogP contribution in [0, 0.1) is 18.8 Å². The van der Waals surface area contributed by atoms with Crippen LogP contribution in [0.15, 0.2) is 24.3 Å². The molecule has 2 N–H and O–H groups in total. The van der Waals surface area contributed by atoms with Gasteiger partial charge in [-0.25, -0.2) is 0 Å². The first-order chi connectivity index (χ1) is 12.0. The lowest BCUT2D eigenvalue weighted by Crippen LogP contribution is -2.41. The smallest absolute Gasteiger partial charge is 0.323 e. The molecule has 0 spiro atoms. The molecule has 4 nitrogen and oxygen atoms in total. The van der Waals surface area contributed by atoms with Gasteiger partial charge in [0.25, 0.3) is 0 Å². The largest absolute Gasteiger partial charge is 0.459 e. The summed E-state index contributed by atoms with van der Waals surface area (Å²) in [5.41, 5.74) is 8.54. The Morgan fingerprint density at radius 3 is 2.56 bits per heavy atom. The molecule has 4 atom stereocenters. The Labute approximate surface area is 151 Å². The molecule has 1 saturated heterocycles. The summed E-state index contributed by atoms with van der Waals surface area (Å²) in [4.78, 5) is 12.1. The van der Waals surface area contributed by atoms with Crippen molar-refractivity contribution >= 4 is 5.97 Å². The lowest BCUT2D eigenvalue weighted by Gasteiger charge is -2.31. The number of carbonyl (C=O) groups is 1. The van der Waals surface area contributed by atoms with E-state index in [2.05, 4.69) is 31.2 Å². The number of hydrogen-bond donors (Lipinski definition) is 1. The number of esters is 1. The zero-order valence-electron chi connectivity index (χ0n) is 15.4. The van der Waals surface area contributed by atoms with E-state index in [1.54, 1.807) is 0 Å². The average molecular weight is 345 g/mol. The van der Waals surface area contributed by atoms with Gasteiger partial charge in [-0.15, -0.1) is 0 Å².